The second-order valence-corrected chi connectivity index (χ2v) is 7.09. The van der Waals surface area contributed by atoms with E-state index in [1.165, 1.54) is 12.1 Å². The lowest BCUT2D eigenvalue weighted by Crippen LogP contribution is -2.42. The molecule has 0 saturated heterocycles. The Kier molecular flexibility index (Phi) is 6.60. The predicted octanol–water partition coefficient (Wildman–Crippen LogP) is 5.09. The van der Waals surface area contributed by atoms with Crippen LogP contribution in [-0.4, -0.2) is 23.9 Å². The Morgan fingerprint density at radius 1 is 1.08 bits per heavy atom. The summed E-state index contributed by atoms with van der Waals surface area (Å²) in [5.74, 6) is 0.421. The van der Waals surface area contributed by atoms with Crippen molar-refractivity contribution in [3.05, 3.63) is 35.4 Å². The standard InChI is InChI=1S/C18H23F6NO/c1-11-5-7-12(8-6-11)16(25-10-15(26)18(22,23)24)13-3-2-4-14(9-13)17(19,20)21/h2-4,9,11-12,15-16,25-26H,5-8,10H2,1H3. The van der Waals surface area contributed by atoms with E-state index in [0.29, 0.717) is 11.5 Å². The second kappa shape index (κ2) is 8.17. The quantitative estimate of drug-likeness (QED) is 0.695. The highest BCUT2D eigenvalue weighted by molar-refractivity contribution is 5.28. The van der Waals surface area contributed by atoms with Crippen LogP contribution in [0.25, 0.3) is 0 Å². The minimum Gasteiger partial charge on any atom is -0.382 e. The maximum atomic E-state index is 13.0. The number of benzene rings is 1. The molecule has 8 heteroatoms. The molecule has 1 aliphatic rings. The van der Waals surface area contributed by atoms with Gasteiger partial charge in [-0.25, -0.2) is 0 Å². The summed E-state index contributed by atoms with van der Waals surface area (Å²) in [5.41, 5.74) is -0.531. The van der Waals surface area contributed by atoms with Gasteiger partial charge in [-0.3, -0.25) is 0 Å². The molecule has 0 radical (unpaired) electrons. The van der Waals surface area contributed by atoms with Crippen LogP contribution in [0.15, 0.2) is 24.3 Å². The van der Waals surface area contributed by atoms with E-state index in [4.69, 9.17) is 0 Å². The summed E-state index contributed by atoms with van der Waals surface area (Å²) in [6.07, 6.45) is -8.65. The monoisotopic (exact) mass is 383 g/mol. The number of nitrogens with one attached hydrogen (secondary N) is 1. The van der Waals surface area contributed by atoms with Crippen molar-refractivity contribution in [2.24, 2.45) is 11.8 Å². The minimum absolute atomic E-state index is 0.0740. The average Bonchev–Trinajstić information content (AvgIpc) is 2.55. The van der Waals surface area contributed by atoms with Gasteiger partial charge in [0, 0.05) is 12.6 Å². The van der Waals surface area contributed by atoms with Crippen molar-refractivity contribution in [1.82, 2.24) is 5.32 Å². The average molecular weight is 383 g/mol. The lowest BCUT2D eigenvalue weighted by atomic mass is 9.77. The van der Waals surface area contributed by atoms with Crippen LogP contribution in [0.2, 0.25) is 0 Å². The first-order valence-corrected chi connectivity index (χ1v) is 8.63. The smallest absolute Gasteiger partial charge is 0.382 e. The first-order valence-electron chi connectivity index (χ1n) is 8.63. The molecule has 0 bridgehead atoms. The predicted molar refractivity (Wildman–Crippen MR) is 85.4 cm³/mol. The third-order valence-corrected chi connectivity index (χ3v) is 5.01. The first kappa shape index (κ1) is 21.0. The highest BCUT2D eigenvalue weighted by atomic mass is 19.4. The minimum atomic E-state index is -4.77. The van der Waals surface area contributed by atoms with Crippen molar-refractivity contribution in [2.45, 2.75) is 57.1 Å². The normalized spacial score (nSPS) is 24.3. The van der Waals surface area contributed by atoms with E-state index in [0.717, 1.165) is 37.8 Å². The fraction of sp³-hybridized carbons (Fsp3) is 0.667. The van der Waals surface area contributed by atoms with Gasteiger partial charge >= 0.3 is 12.4 Å². The molecule has 0 heterocycles. The van der Waals surface area contributed by atoms with Gasteiger partial charge in [-0.15, -0.1) is 0 Å². The molecule has 0 amide bonds. The van der Waals surface area contributed by atoms with Crippen LogP contribution in [0.1, 0.15) is 49.8 Å². The van der Waals surface area contributed by atoms with Gasteiger partial charge in [0.15, 0.2) is 6.10 Å². The van der Waals surface area contributed by atoms with E-state index in [2.05, 4.69) is 12.2 Å². The molecule has 1 aromatic rings. The van der Waals surface area contributed by atoms with Gasteiger partial charge in [0.05, 0.1) is 5.56 Å². The maximum Gasteiger partial charge on any atom is 0.416 e. The zero-order valence-corrected chi connectivity index (χ0v) is 14.4. The van der Waals surface area contributed by atoms with Gasteiger partial charge in [0.1, 0.15) is 0 Å². The SMILES string of the molecule is CC1CCC(C(NCC(O)C(F)(F)F)c2cccc(C(F)(F)F)c2)CC1. The summed E-state index contributed by atoms with van der Waals surface area (Å²) in [7, 11) is 0. The Hall–Kier alpha value is -1.28. The Balaban J connectivity index is 2.23. The summed E-state index contributed by atoms with van der Waals surface area (Å²) in [4.78, 5) is 0. The molecular weight excluding hydrogens is 360 g/mol. The van der Waals surface area contributed by atoms with E-state index in [9.17, 15) is 31.4 Å². The third-order valence-electron chi connectivity index (χ3n) is 5.01. The zero-order valence-electron chi connectivity index (χ0n) is 14.4. The van der Waals surface area contributed by atoms with Crippen LogP contribution in [0.3, 0.4) is 0 Å². The molecule has 1 saturated carbocycles. The second-order valence-electron chi connectivity index (χ2n) is 7.09. The van der Waals surface area contributed by atoms with Crippen LogP contribution in [-0.2, 0) is 6.18 Å². The molecule has 1 aromatic carbocycles. The maximum absolute atomic E-state index is 13.0. The van der Waals surface area contributed by atoms with Gasteiger partial charge in [0.25, 0.3) is 0 Å². The largest absolute Gasteiger partial charge is 0.416 e. The number of halogens is 6. The van der Waals surface area contributed by atoms with Crippen molar-refractivity contribution in [2.75, 3.05) is 6.54 Å². The molecule has 148 valence electrons. The molecule has 0 aliphatic heterocycles. The lowest BCUT2D eigenvalue weighted by Gasteiger charge is -2.34. The van der Waals surface area contributed by atoms with Crippen LogP contribution in [0.5, 0.6) is 0 Å². The Morgan fingerprint density at radius 2 is 1.69 bits per heavy atom. The van der Waals surface area contributed by atoms with Crippen molar-refractivity contribution in [1.29, 1.82) is 0 Å². The van der Waals surface area contributed by atoms with Gasteiger partial charge in [0.2, 0.25) is 0 Å². The highest BCUT2D eigenvalue weighted by Crippen LogP contribution is 2.38. The van der Waals surface area contributed by atoms with Crippen molar-refractivity contribution in [3.8, 4) is 0 Å². The number of rotatable bonds is 5. The van der Waals surface area contributed by atoms with E-state index in [1.807, 2.05) is 0 Å². The van der Waals surface area contributed by atoms with E-state index >= 15 is 0 Å². The summed E-state index contributed by atoms with van der Waals surface area (Å²) < 4.78 is 76.7. The topological polar surface area (TPSA) is 32.3 Å². The fourth-order valence-electron chi connectivity index (χ4n) is 3.44. The van der Waals surface area contributed by atoms with Crippen LogP contribution in [0, 0.1) is 11.8 Å². The summed E-state index contributed by atoms with van der Waals surface area (Å²) in [5, 5.41) is 11.9. The molecule has 2 atom stereocenters. The Morgan fingerprint density at radius 3 is 2.23 bits per heavy atom. The first-order chi connectivity index (χ1) is 12.0. The van der Waals surface area contributed by atoms with E-state index in [-0.39, 0.29) is 5.92 Å². The summed E-state index contributed by atoms with van der Waals surface area (Å²) in [6.45, 7) is 1.33. The van der Waals surface area contributed by atoms with Gasteiger partial charge in [-0.1, -0.05) is 31.9 Å². The molecule has 2 rings (SSSR count). The summed E-state index contributed by atoms with van der Waals surface area (Å²) in [6, 6.07) is 4.01. The molecule has 26 heavy (non-hydrogen) atoms. The third kappa shape index (κ3) is 5.61. The number of aliphatic hydroxyl groups excluding tert-OH is 1. The zero-order chi connectivity index (χ0) is 19.5. The highest BCUT2D eigenvalue weighted by Gasteiger charge is 2.39. The molecule has 2 N–H and O–H groups in total. The molecule has 0 spiro atoms. The van der Waals surface area contributed by atoms with Gasteiger partial charge in [-0.05, 0) is 42.4 Å². The van der Waals surface area contributed by atoms with Crippen LogP contribution in [0.4, 0.5) is 26.3 Å². The van der Waals surface area contributed by atoms with Crippen LogP contribution >= 0.6 is 0 Å². The van der Waals surface area contributed by atoms with E-state index in [1.54, 1.807) is 0 Å². The molecule has 2 unspecified atom stereocenters. The molecule has 0 aromatic heterocycles. The van der Waals surface area contributed by atoms with Crippen molar-refractivity contribution >= 4 is 0 Å². The van der Waals surface area contributed by atoms with Gasteiger partial charge in [-0.2, -0.15) is 26.3 Å². The fourth-order valence-corrected chi connectivity index (χ4v) is 3.44. The Bertz CT molecular complexity index is 578. The van der Waals surface area contributed by atoms with Crippen LogP contribution < -0.4 is 5.32 Å². The number of hydrogen-bond donors (Lipinski definition) is 2. The molecular formula is C18H23F6NO. The Labute approximate surface area is 148 Å². The molecule has 1 fully saturated rings. The molecule has 1 aliphatic carbocycles. The number of alkyl halides is 6. The van der Waals surface area contributed by atoms with Crippen molar-refractivity contribution < 1.29 is 31.4 Å². The van der Waals surface area contributed by atoms with Crippen molar-refractivity contribution in [3.63, 3.8) is 0 Å². The molecule has 2 nitrogen and oxygen atoms in total. The van der Waals surface area contributed by atoms with Gasteiger partial charge < -0.3 is 10.4 Å². The van der Waals surface area contributed by atoms with E-state index < -0.39 is 36.6 Å². The number of hydrogen-bond acceptors (Lipinski definition) is 2. The summed E-state index contributed by atoms with van der Waals surface area (Å²) >= 11 is 0. The number of aliphatic hydroxyl groups is 1. The lowest BCUT2D eigenvalue weighted by molar-refractivity contribution is -0.202.